The number of alkyl halides is 3. The fraction of sp³-hybridized carbons (Fsp3) is 0.381. The molecule has 1 heterocycles. The second-order valence-electron chi connectivity index (χ2n) is 7.02. The van der Waals surface area contributed by atoms with E-state index >= 15 is 0 Å². The summed E-state index contributed by atoms with van der Waals surface area (Å²) in [6, 6.07) is 13.0. The van der Waals surface area contributed by atoms with Crippen LogP contribution in [0.15, 0.2) is 53.0 Å². The molecule has 7 heteroatoms. The lowest BCUT2D eigenvalue weighted by Gasteiger charge is -2.36. The van der Waals surface area contributed by atoms with Crippen LogP contribution in [-0.2, 0) is 21.1 Å². The first-order chi connectivity index (χ1) is 13.2. The molecule has 1 aliphatic heterocycles. The van der Waals surface area contributed by atoms with Gasteiger partial charge in [-0.1, -0.05) is 46.3 Å². The highest BCUT2D eigenvalue weighted by Crippen LogP contribution is 2.38. The van der Waals surface area contributed by atoms with Gasteiger partial charge in [-0.15, -0.1) is 0 Å². The minimum atomic E-state index is -4.47. The molecule has 28 heavy (non-hydrogen) atoms. The zero-order valence-electron chi connectivity index (χ0n) is 15.4. The third-order valence-corrected chi connectivity index (χ3v) is 5.63. The summed E-state index contributed by atoms with van der Waals surface area (Å²) < 4.78 is 45.3. The van der Waals surface area contributed by atoms with E-state index in [2.05, 4.69) is 21.2 Å². The number of halogens is 4. The molecular weight excluding hydrogens is 435 g/mol. The maximum Gasteiger partial charge on any atom is 0.416 e. The summed E-state index contributed by atoms with van der Waals surface area (Å²) in [5, 5.41) is 3.24. The first-order valence-electron chi connectivity index (χ1n) is 9.07. The fourth-order valence-corrected chi connectivity index (χ4v) is 4.08. The number of carbonyl (C=O) groups excluding carboxylic acids is 1. The highest BCUT2D eigenvalue weighted by molar-refractivity contribution is 9.10. The summed E-state index contributed by atoms with van der Waals surface area (Å²) in [5.41, 5.74) is -0.398. The van der Waals surface area contributed by atoms with E-state index in [9.17, 15) is 18.0 Å². The molecule has 1 saturated heterocycles. The summed E-state index contributed by atoms with van der Waals surface area (Å²) in [5.74, 6) is -0.402. The van der Waals surface area contributed by atoms with Gasteiger partial charge in [0.2, 0.25) is 0 Å². The number of piperidine rings is 1. The summed E-state index contributed by atoms with van der Waals surface area (Å²) in [7, 11) is 0. The average molecular weight is 456 g/mol. The Bertz CT molecular complexity index is 833. The maximum absolute atomic E-state index is 13.2. The largest absolute Gasteiger partial charge is 0.457 e. The van der Waals surface area contributed by atoms with Gasteiger partial charge in [0.1, 0.15) is 6.10 Å². The van der Waals surface area contributed by atoms with Crippen LogP contribution in [0.1, 0.15) is 42.6 Å². The number of nitrogens with one attached hydrogen (secondary N) is 1. The van der Waals surface area contributed by atoms with E-state index in [1.54, 1.807) is 13.0 Å². The standard InChI is InChI=1S/C21H21BrF3NO2/c1-14(15-11-17(21(23,24)25)13-18(22)12-15)28-19(27)20(7-9-26-10-8-20)16-5-3-2-4-6-16/h2-6,11-14,26H,7-10H2,1H3/t14-/m0/s1. The summed E-state index contributed by atoms with van der Waals surface area (Å²) in [4.78, 5) is 13.2. The number of rotatable bonds is 4. The van der Waals surface area contributed by atoms with Crippen molar-refractivity contribution in [1.29, 1.82) is 0 Å². The molecule has 3 nitrogen and oxygen atoms in total. The van der Waals surface area contributed by atoms with Crippen LogP contribution >= 0.6 is 15.9 Å². The van der Waals surface area contributed by atoms with Crippen molar-refractivity contribution in [3.63, 3.8) is 0 Å². The Hall–Kier alpha value is -1.86. The van der Waals surface area contributed by atoms with Gasteiger partial charge in [-0.25, -0.2) is 0 Å². The van der Waals surface area contributed by atoms with Crippen molar-refractivity contribution >= 4 is 21.9 Å². The van der Waals surface area contributed by atoms with Crippen LogP contribution in [-0.4, -0.2) is 19.1 Å². The van der Waals surface area contributed by atoms with Gasteiger partial charge in [0.15, 0.2) is 0 Å². The SMILES string of the molecule is C[C@H](OC(=O)C1(c2ccccc2)CCNCC1)c1cc(Br)cc(C(F)(F)F)c1. The molecule has 1 fully saturated rings. The van der Waals surface area contributed by atoms with Gasteiger partial charge in [0.25, 0.3) is 0 Å². The van der Waals surface area contributed by atoms with Crippen molar-refractivity contribution in [2.45, 2.75) is 37.5 Å². The van der Waals surface area contributed by atoms with Crippen LogP contribution < -0.4 is 5.32 Å². The van der Waals surface area contributed by atoms with Crippen molar-refractivity contribution in [1.82, 2.24) is 5.32 Å². The predicted octanol–water partition coefficient (Wildman–Crippen LogP) is 5.39. The quantitative estimate of drug-likeness (QED) is 0.627. The second-order valence-corrected chi connectivity index (χ2v) is 7.93. The smallest absolute Gasteiger partial charge is 0.416 e. The minimum Gasteiger partial charge on any atom is -0.457 e. The Morgan fingerprint density at radius 2 is 1.79 bits per heavy atom. The highest BCUT2D eigenvalue weighted by atomic mass is 79.9. The van der Waals surface area contributed by atoms with E-state index in [0.29, 0.717) is 36.0 Å². The number of hydrogen-bond donors (Lipinski definition) is 1. The molecule has 0 spiro atoms. The zero-order valence-corrected chi connectivity index (χ0v) is 16.9. The number of benzene rings is 2. The third kappa shape index (κ3) is 4.41. The van der Waals surface area contributed by atoms with E-state index in [1.165, 1.54) is 0 Å². The number of esters is 1. The second kappa shape index (κ2) is 8.25. The van der Waals surface area contributed by atoms with E-state index in [4.69, 9.17) is 4.74 Å². The number of carbonyl (C=O) groups is 1. The molecule has 0 amide bonds. The van der Waals surface area contributed by atoms with E-state index in [0.717, 1.165) is 17.7 Å². The molecule has 3 rings (SSSR count). The Balaban J connectivity index is 1.87. The van der Waals surface area contributed by atoms with Gasteiger partial charge in [-0.3, -0.25) is 4.79 Å². The highest BCUT2D eigenvalue weighted by Gasteiger charge is 2.43. The van der Waals surface area contributed by atoms with Crippen LogP contribution in [0.2, 0.25) is 0 Å². The van der Waals surface area contributed by atoms with Gasteiger partial charge < -0.3 is 10.1 Å². The lowest BCUT2D eigenvalue weighted by molar-refractivity contribution is -0.157. The molecule has 0 aliphatic carbocycles. The Morgan fingerprint density at radius 1 is 1.14 bits per heavy atom. The molecule has 0 unspecified atom stereocenters. The first-order valence-corrected chi connectivity index (χ1v) is 9.87. The van der Waals surface area contributed by atoms with Crippen molar-refractivity contribution in [2.24, 2.45) is 0 Å². The molecule has 1 N–H and O–H groups in total. The first kappa shape index (κ1) is 20.9. The number of ether oxygens (including phenoxy) is 1. The summed E-state index contributed by atoms with van der Waals surface area (Å²) in [6.45, 7) is 2.95. The molecule has 150 valence electrons. The molecule has 0 bridgehead atoms. The van der Waals surface area contributed by atoms with Gasteiger partial charge in [0, 0.05) is 4.47 Å². The van der Waals surface area contributed by atoms with Crippen molar-refractivity contribution in [3.05, 3.63) is 69.7 Å². The molecule has 1 aliphatic rings. The van der Waals surface area contributed by atoms with Crippen LogP contribution in [0.4, 0.5) is 13.2 Å². The number of hydrogen-bond acceptors (Lipinski definition) is 3. The maximum atomic E-state index is 13.2. The van der Waals surface area contributed by atoms with Crippen LogP contribution in [0.25, 0.3) is 0 Å². The zero-order chi connectivity index (χ0) is 20.4. The fourth-order valence-electron chi connectivity index (χ4n) is 3.57. The Morgan fingerprint density at radius 3 is 2.39 bits per heavy atom. The van der Waals surface area contributed by atoms with Crippen LogP contribution in [0, 0.1) is 0 Å². The predicted molar refractivity (Wildman–Crippen MR) is 104 cm³/mol. The molecule has 0 radical (unpaired) electrons. The average Bonchev–Trinajstić information content (AvgIpc) is 2.68. The van der Waals surface area contributed by atoms with Gasteiger partial charge >= 0.3 is 12.1 Å². The molecule has 0 saturated carbocycles. The molecule has 2 aromatic carbocycles. The normalized spacial score (nSPS) is 17.8. The topological polar surface area (TPSA) is 38.3 Å². The molecule has 1 atom stereocenters. The summed E-state index contributed by atoms with van der Waals surface area (Å²) in [6.07, 6.45) is -4.12. The van der Waals surface area contributed by atoms with Crippen LogP contribution in [0.5, 0.6) is 0 Å². The van der Waals surface area contributed by atoms with Crippen molar-refractivity contribution < 1.29 is 22.7 Å². The molecular formula is C21H21BrF3NO2. The third-order valence-electron chi connectivity index (χ3n) is 5.17. The van der Waals surface area contributed by atoms with E-state index < -0.39 is 29.2 Å². The minimum absolute atomic E-state index is 0.292. The van der Waals surface area contributed by atoms with Crippen molar-refractivity contribution in [2.75, 3.05) is 13.1 Å². The lowest BCUT2D eigenvalue weighted by Crippen LogP contribution is -2.46. The van der Waals surface area contributed by atoms with Crippen LogP contribution in [0.3, 0.4) is 0 Å². The van der Waals surface area contributed by atoms with Crippen molar-refractivity contribution in [3.8, 4) is 0 Å². The lowest BCUT2D eigenvalue weighted by atomic mass is 9.73. The van der Waals surface area contributed by atoms with Gasteiger partial charge in [-0.2, -0.15) is 13.2 Å². The van der Waals surface area contributed by atoms with Gasteiger partial charge in [-0.05, 0) is 62.2 Å². The monoisotopic (exact) mass is 455 g/mol. The van der Waals surface area contributed by atoms with E-state index in [1.807, 2.05) is 30.3 Å². The Kier molecular flexibility index (Phi) is 6.15. The molecule has 0 aromatic heterocycles. The summed E-state index contributed by atoms with van der Waals surface area (Å²) >= 11 is 3.12. The Labute approximate surface area is 170 Å². The van der Waals surface area contributed by atoms with E-state index in [-0.39, 0.29) is 0 Å². The molecule has 2 aromatic rings. The van der Waals surface area contributed by atoms with Gasteiger partial charge in [0.05, 0.1) is 11.0 Å².